The van der Waals surface area contributed by atoms with E-state index in [1.54, 1.807) is 0 Å². The van der Waals surface area contributed by atoms with Gasteiger partial charge in [0.05, 0.1) is 5.69 Å². The van der Waals surface area contributed by atoms with Gasteiger partial charge in [-0.2, -0.15) is 13.2 Å². The molecule has 0 fully saturated rings. The normalized spacial score (nSPS) is 11.7. The van der Waals surface area contributed by atoms with Crippen molar-refractivity contribution in [1.29, 1.82) is 0 Å². The van der Waals surface area contributed by atoms with Crippen LogP contribution >= 0.6 is 0 Å². The van der Waals surface area contributed by atoms with E-state index in [0.29, 0.717) is 12.1 Å². The van der Waals surface area contributed by atoms with E-state index in [4.69, 9.17) is 5.73 Å². The Morgan fingerprint density at radius 2 is 1.45 bits per heavy atom. The molecule has 1 aromatic carbocycles. The standard InChI is InChI=1S/C11H5F6N3/c12-5-1-4(2-6(13)9(5)14)7-3-8(18)20-10(19-7)11(15,16)17/h1-3H,(H2,18,19,20). The summed E-state index contributed by atoms with van der Waals surface area (Å²) >= 11 is 0. The van der Waals surface area contributed by atoms with Crippen LogP contribution in [0.2, 0.25) is 0 Å². The van der Waals surface area contributed by atoms with Crippen molar-refractivity contribution in [3.05, 3.63) is 41.5 Å². The minimum absolute atomic E-state index is 0.388. The van der Waals surface area contributed by atoms with Crippen molar-refractivity contribution < 1.29 is 26.3 Å². The Kier molecular flexibility index (Phi) is 3.28. The van der Waals surface area contributed by atoms with Crippen molar-refractivity contribution in [1.82, 2.24) is 9.97 Å². The summed E-state index contributed by atoms with van der Waals surface area (Å²) in [5.41, 5.74) is 4.33. The lowest BCUT2D eigenvalue weighted by molar-refractivity contribution is -0.144. The Hall–Kier alpha value is -2.32. The number of nitrogens with two attached hydrogens (primary N) is 1. The topological polar surface area (TPSA) is 51.8 Å². The number of nitrogens with zero attached hydrogens (tertiary/aromatic N) is 2. The molecule has 9 heteroatoms. The lowest BCUT2D eigenvalue weighted by Gasteiger charge is -2.09. The van der Waals surface area contributed by atoms with Crippen LogP contribution in [0.4, 0.5) is 32.2 Å². The highest BCUT2D eigenvalue weighted by atomic mass is 19.4. The van der Waals surface area contributed by atoms with Crippen molar-refractivity contribution in [2.24, 2.45) is 0 Å². The molecule has 0 radical (unpaired) electrons. The molecule has 0 aliphatic heterocycles. The van der Waals surface area contributed by atoms with Gasteiger partial charge in [-0.15, -0.1) is 0 Å². The van der Waals surface area contributed by atoms with Gasteiger partial charge in [-0.25, -0.2) is 23.1 Å². The third-order valence-electron chi connectivity index (χ3n) is 2.28. The van der Waals surface area contributed by atoms with Gasteiger partial charge in [0.25, 0.3) is 0 Å². The second-order valence-electron chi connectivity index (χ2n) is 3.75. The Labute approximate surface area is 108 Å². The minimum Gasteiger partial charge on any atom is -0.384 e. The van der Waals surface area contributed by atoms with Crippen LogP contribution in [0.25, 0.3) is 11.3 Å². The van der Waals surface area contributed by atoms with Crippen LogP contribution in [0.15, 0.2) is 18.2 Å². The van der Waals surface area contributed by atoms with E-state index in [9.17, 15) is 26.3 Å². The molecule has 1 heterocycles. The summed E-state index contributed by atoms with van der Waals surface area (Å²) in [6.45, 7) is 0. The fraction of sp³-hybridized carbons (Fsp3) is 0.0909. The van der Waals surface area contributed by atoms with Crippen LogP contribution in [-0.2, 0) is 6.18 Å². The van der Waals surface area contributed by atoms with E-state index in [1.807, 2.05) is 0 Å². The third kappa shape index (κ3) is 2.65. The summed E-state index contributed by atoms with van der Waals surface area (Å²) in [5, 5.41) is 0. The van der Waals surface area contributed by atoms with Crippen LogP contribution < -0.4 is 5.73 Å². The lowest BCUT2D eigenvalue weighted by Crippen LogP contribution is -2.13. The molecule has 2 aromatic rings. The summed E-state index contributed by atoms with van der Waals surface area (Å²) in [6, 6.07) is 1.92. The molecular weight excluding hydrogens is 288 g/mol. The van der Waals surface area contributed by atoms with E-state index in [1.165, 1.54) is 0 Å². The number of halogens is 6. The molecule has 0 spiro atoms. The fourth-order valence-corrected chi connectivity index (χ4v) is 1.44. The number of hydrogen-bond acceptors (Lipinski definition) is 3. The van der Waals surface area contributed by atoms with Gasteiger partial charge in [0.1, 0.15) is 5.82 Å². The number of aromatic nitrogens is 2. The molecule has 2 N–H and O–H groups in total. The van der Waals surface area contributed by atoms with Crippen LogP contribution in [0, 0.1) is 17.5 Å². The average molecular weight is 293 g/mol. The van der Waals surface area contributed by atoms with Crippen LogP contribution in [0.5, 0.6) is 0 Å². The second kappa shape index (κ2) is 4.66. The first-order valence-electron chi connectivity index (χ1n) is 5.05. The van der Waals surface area contributed by atoms with Crippen LogP contribution in [-0.4, -0.2) is 9.97 Å². The van der Waals surface area contributed by atoms with E-state index in [0.717, 1.165) is 6.07 Å². The Balaban J connectivity index is 2.61. The maximum absolute atomic E-state index is 13.0. The summed E-state index contributed by atoms with van der Waals surface area (Å²) in [4.78, 5) is 6.09. The Morgan fingerprint density at radius 1 is 0.900 bits per heavy atom. The van der Waals surface area contributed by atoms with Gasteiger partial charge in [-0.3, -0.25) is 0 Å². The summed E-state index contributed by atoms with van der Waals surface area (Å²) < 4.78 is 76.4. The van der Waals surface area contributed by atoms with Crippen molar-refractivity contribution in [2.75, 3.05) is 5.73 Å². The van der Waals surface area contributed by atoms with E-state index in [2.05, 4.69) is 9.97 Å². The molecule has 0 bridgehead atoms. The maximum atomic E-state index is 13.0. The first kappa shape index (κ1) is 14.1. The summed E-state index contributed by atoms with van der Waals surface area (Å²) in [7, 11) is 0. The smallest absolute Gasteiger partial charge is 0.384 e. The number of benzene rings is 1. The molecule has 0 aliphatic carbocycles. The maximum Gasteiger partial charge on any atom is 0.451 e. The quantitative estimate of drug-likeness (QED) is 0.649. The molecule has 1 aromatic heterocycles. The van der Waals surface area contributed by atoms with Gasteiger partial charge in [0, 0.05) is 11.6 Å². The predicted octanol–water partition coefficient (Wildman–Crippen LogP) is 3.16. The van der Waals surface area contributed by atoms with Crippen molar-refractivity contribution in [3.63, 3.8) is 0 Å². The fourth-order valence-electron chi connectivity index (χ4n) is 1.44. The van der Waals surface area contributed by atoms with Crippen LogP contribution in [0.1, 0.15) is 5.82 Å². The molecule has 0 saturated heterocycles. The third-order valence-corrected chi connectivity index (χ3v) is 2.28. The zero-order chi connectivity index (χ0) is 15.1. The molecule has 0 aliphatic rings. The lowest BCUT2D eigenvalue weighted by atomic mass is 10.1. The van der Waals surface area contributed by atoms with Gasteiger partial charge in [-0.05, 0) is 12.1 Å². The molecule has 2 rings (SSSR count). The molecule has 3 nitrogen and oxygen atoms in total. The highest BCUT2D eigenvalue weighted by molar-refractivity contribution is 5.62. The van der Waals surface area contributed by atoms with Crippen molar-refractivity contribution in [3.8, 4) is 11.3 Å². The number of alkyl halides is 3. The van der Waals surface area contributed by atoms with Crippen molar-refractivity contribution in [2.45, 2.75) is 6.18 Å². The SMILES string of the molecule is Nc1cc(-c2cc(F)c(F)c(F)c2)nc(C(F)(F)F)n1. The molecule has 106 valence electrons. The Bertz CT molecular complexity index is 645. The zero-order valence-corrected chi connectivity index (χ0v) is 9.47. The van der Waals surface area contributed by atoms with E-state index >= 15 is 0 Å². The van der Waals surface area contributed by atoms with Gasteiger partial charge in [0.2, 0.25) is 5.82 Å². The number of anilines is 1. The molecule has 20 heavy (non-hydrogen) atoms. The monoisotopic (exact) mass is 293 g/mol. The van der Waals surface area contributed by atoms with Gasteiger partial charge in [0.15, 0.2) is 17.5 Å². The molecule has 0 atom stereocenters. The number of rotatable bonds is 1. The predicted molar refractivity (Wildman–Crippen MR) is 56.8 cm³/mol. The van der Waals surface area contributed by atoms with Gasteiger partial charge in [-0.1, -0.05) is 0 Å². The van der Waals surface area contributed by atoms with Crippen LogP contribution in [0.3, 0.4) is 0 Å². The second-order valence-corrected chi connectivity index (χ2v) is 3.75. The van der Waals surface area contributed by atoms with Gasteiger partial charge < -0.3 is 5.73 Å². The van der Waals surface area contributed by atoms with Crippen molar-refractivity contribution >= 4 is 5.82 Å². The average Bonchev–Trinajstić information content (AvgIpc) is 2.33. The molecule has 0 amide bonds. The van der Waals surface area contributed by atoms with E-state index < -0.39 is 41.0 Å². The highest BCUT2D eigenvalue weighted by Crippen LogP contribution is 2.30. The summed E-state index contributed by atoms with van der Waals surface area (Å²) in [5.74, 6) is -6.92. The highest BCUT2D eigenvalue weighted by Gasteiger charge is 2.35. The first-order chi connectivity index (χ1) is 9.18. The Morgan fingerprint density at radius 3 is 1.95 bits per heavy atom. The minimum atomic E-state index is -4.87. The largest absolute Gasteiger partial charge is 0.451 e. The van der Waals surface area contributed by atoms with Gasteiger partial charge >= 0.3 is 6.18 Å². The zero-order valence-electron chi connectivity index (χ0n) is 9.47. The van der Waals surface area contributed by atoms with E-state index in [-0.39, 0.29) is 5.56 Å². The molecule has 0 saturated carbocycles. The number of nitrogen functional groups attached to an aromatic ring is 1. The first-order valence-corrected chi connectivity index (χ1v) is 5.05. The summed E-state index contributed by atoms with van der Waals surface area (Å²) in [6.07, 6.45) is -4.87. The number of hydrogen-bond donors (Lipinski definition) is 1. The molecule has 0 unspecified atom stereocenters. The molecular formula is C11H5F6N3.